The second-order valence-corrected chi connectivity index (χ2v) is 6.63. The summed E-state index contributed by atoms with van der Waals surface area (Å²) < 4.78 is 11.1. The van der Waals surface area contributed by atoms with Crippen molar-refractivity contribution in [2.45, 2.75) is 32.4 Å². The molecule has 0 radical (unpaired) electrons. The summed E-state index contributed by atoms with van der Waals surface area (Å²) in [7, 11) is 1.60. The molecule has 1 atom stereocenters. The number of para-hydroxylation sites is 1. The lowest BCUT2D eigenvalue weighted by molar-refractivity contribution is 0.0505. The van der Waals surface area contributed by atoms with Crippen LogP contribution in [0.25, 0.3) is 0 Å². The lowest BCUT2D eigenvalue weighted by Crippen LogP contribution is -2.37. The number of phenolic OH excluding ortho intramolecular Hbond substituents is 1. The fourth-order valence-electron chi connectivity index (χ4n) is 3.24. The summed E-state index contributed by atoms with van der Waals surface area (Å²) in [6, 6.07) is 12.6. The summed E-state index contributed by atoms with van der Waals surface area (Å²) in [5.74, 6) is 0.789. The number of benzene rings is 2. The summed E-state index contributed by atoms with van der Waals surface area (Å²) in [5, 5.41) is 10.1. The molecule has 2 aromatic carbocycles. The van der Waals surface area contributed by atoms with Crippen LogP contribution in [-0.2, 0) is 11.3 Å². The molecule has 0 spiro atoms. The van der Waals surface area contributed by atoms with Crippen molar-refractivity contribution in [1.82, 2.24) is 4.90 Å². The molecule has 0 saturated carbocycles. The average molecular weight is 355 g/mol. The van der Waals surface area contributed by atoms with Crippen LogP contribution < -0.4 is 4.74 Å². The molecular weight excluding hydrogens is 330 g/mol. The quantitative estimate of drug-likeness (QED) is 0.861. The molecule has 1 saturated heterocycles. The number of ether oxygens (including phenoxy) is 2. The zero-order chi connectivity index (χ0) is 18.5. The molecule has 1 amide bonds. The van der Waals surface area contributed by atoms with Gasteiger partial charge in [0.2, 0.25) is 0 Å². The van der Waals surface area contributed by atoms with Crippen LogP contribution in [-0.4, -0.2) is 42.3 Å². The van der Waals surface area contributed by atoms with Crippen LogP contribution in [0.5, 0.6) is 11.5 Å². The third kappa shape index (κ3) is 4.17. The van der Waals surface area contributed by atoms with Gasteiger partial charge in [-0.25, -0.2) is 0 Å². The zero-order valence-electron chi connectivity index (χ0n) is 15.3. The first-order valence-electron chi connectivity index (χ1n) is 8.91. The van der Waals surface area contributed by atoms with Gasteiger partial charge < -0.3 is 19.5 Å². The minimum absolute atomic E-state index is 0.0390. The summed E-state index contributed by atoms with van der Waals surface area (Å²) in [6.45, 7) is 3.52. The molecule has 2 aromatic rings. The number of hydrogen-bond acceptors (Lipinski definition) is 4. The molecule has 26 heavy (non-hydrogen) atoms. The Kier molecular flexibility index (Phi) is 5.78. The molecule has 1 heterocycles. The predicted molar refractivity (Wildman–Crippen MR) is 99.6 cm³/mol. The Bertz CT molecular complexity index is 768. The maximum atomic E-state index is 13.2. The van der Waals surface area contributed by atoms with Gasteiger partial charge in [-0.05, 0) is 43.5 Å². The van der Waals surface area contributed by atoms with E-state index in [1.54, 1.807) is 30.2 Å². The van der Waals surface area contributed by atoms with E-state index < -0.39 is 0 Å². The van der Waals surface area contributed by atoms with Crippen LogP contribution in [0.4, 0.5) is 0 Å². The normalized spacial score (nSPS) is 16.5. The molecule has 5 heteroatoms. The molecule has 138 valence electrons. The van der Waals surface area contributed by atoms with E-state index in [1.807, 2.05) is 31.2 Å². The zero-order valence-corrected chi connectivity index (χ0v) is 15.3. The van der Waals surface area contributed by atoms with Crippen LogP contribution >= 0.6 is 0 Å². The average Bonchev–Trinajstić information content (AvgIpc) is 3.16. The van der Waals surface area contributed by atoms with Gasteiger partial charge in [0.25, 0.3) is 5.91 Å². The number of hydrogen-bond donors (Lipinski definition) is 1. The van der Waals surface area contributed by atoms with Gasteiger partial charge in [0.1, 0.15) is 11.5 Å². The topological polar surface area (TPSA) is 59.0 Å². The second-order valence-electron chi connectivity index (χ2n) is 6.63. The van der Waals surface area contributed by atoms with Crippen LogP contribution in [0.15, 0.2) is 42.5 Å². The number of carbonyl (C=O) groups excluding carboxylic acids is 1. The fourth-order valence-corrected chi connectivity index (χ4v) is 3.24. The number of aromatic hydroxyl groups is 1. The van der Waals surface area contributed by atoms with E-state index >= 15 is 0 Å². The van der Waals surface area contributed by atoms with Gasteiger partial charge in [-0.2, -0.15) is 0 Å². The Morgan fingerprint density at radius 2 is 2.12 bits per heavy atom. The summed E-state index contributed by atoms with van der Waals surface area (Å²) in [4.78, 5) is 14.9. The smallest absolute Gasteiger partial charge is 0.254 e. The number of methoxy groups -OCH3 is 1. The SMILES string of the molecule is COc1cc(C(=O)N(Cc2ccccc2O)CC2CCCO2)ccc1C. The van der Waals surface area contributed by atoms with Gasteiger partial charge in [-0.3, -0.25) is 4.79 Å². The summed E-state index contributed by atoms with van der Waals surface area (Å²) in [5.41, 5.74) is 2.27. The first-order valence-corrected chi connectivity index (χ1v) is 8.91. The van der Waals surface area contributed by atoms with Crippen molar-refractivity contribution in [1.29, 1.82) is 0 Å². The van der Waals surface area contributed by atoms with Crippen molar-refractivity contribution in [2.24, 2.45) is 0 Å². The molecule has 0 aromatic heterocycles. The predicted octanol–water partition coefficient (Wildman–Crippen LogP) is 3.53. The molecule has 1 aliphatic heterocycles. The molecule has 1 unspecified atom stereocenters. The van der Waals surface area contributed by atoms with Gasteiger partial charge in [-0.15, -0.1) is 0 Å². The van der Waals surface area contributed by atoms with Crippen LogP contribution in [0.2, 0.25) is 0 Å². The van der Waals surface area contributed by atoms with E-state index in [4.69, 9.17) is 9.47 Å². The Labute approximate surface area is 154 Å². The highest BCUT2D eigenvalue weighted by atomic mass is 16.5. The van der Waals surface area contributed by atoms with Crippen molar-refractivity contribution in [3.8, 4) is 11.5 Å². The van der Waals surface area contributed by atoms with Gasteiger partial charge in [0, 0.05) is 30.8 Å². The van der Waals surface area contributed by atoms with E-state index in [0.29, 0.717) is 24.4 Å². The molecular formula is C21H25NO4. The highest BCUT2D eigenvalue weighted by molar-refractivity contribution is 5.94. The van der Waals surface area contributed by atoms with Gasteiger partial charge >= 0.3 is 0 Å². The Morgan fingerprint density at radius 1 is 1.31 bits per heavy atom. The largest absolute Gasteiger partial charge is 0.508 e. The second kappa shape index (κ2) is 8.23. The molecule has 3 rings (SSSR count). The molecule has 0 bridgehead atoms. The lowest BCUT2D eigenvalue weighted by atomic mass is 10.1. The van der Waals surface area contributed by atoms with Crippen LogP contribution in [0.1, 0.15) is 34.3 Å². The summed E-state index contributed by atoms with van der Waals surface area (Å²) in [6.07, 6.45) is 2.00. The number of rotatable bonds is 6. The van der Waals surface area contributed by atoms with Gasteiger partial charge in [0.05, 0.1) is 13.2 Å². The van der Waals surface area contributed by atoms with Gasteiger partial charge in [0.15, 0.2) is 0 Å². The highest BCUT2D eigenvalue weighted by Gasteiger charge is 2.24. The van der Waals surface area contributed by atoms with E-state index in [-0.39, 0.29) is 17.8 Å². The van der Waals surface area contributed by atoms with Crippen LogP contribution in [0, 0.1) is 6.92 Å². The van der Waals surface area contributed by atoms with E-state index in [9.17, 15) is 9.90 Å². The third-order valence-electron chi connectivity index (χ3n) is 4.74. The number of aryl methyl sites for hydroxylation is 1. The first-order chi connectivity index (χ1) is 12.6. The maximum Gasteiger partial charge on any atom is 0.254 e. The highest BCUT2D eigenvalue weighted by Crippen LogP contribution is 2.24. The Morgan fingerprint density at radius 3 is 2.81 bits per heavy atom. The number of phenols is 1. The van der Waals surface area contributed by atoms with E-state index in [1.165, 1.54) is 0 Å². The van der Waals surface area contributed by atoms with Crippen molar-refractivity contribution in [3.05, 3.63) is 59.2 Å². The molecule has 5 nitrogen and oxygen atoms in total. The first kappa shape index (κ1) is 18.3. The lowest BCUT2D eigenvalue weighted by Gasteiger charge is -2.26. The summed E-state index contributed by atoms with van der Waals surface area (Å²) >= 11 is 0. The Balaban J connectivity index is 1.86. The van der Waals surface area contributed by atoms with E-state index in [0.717, 1.165) is 30.6 Å². The van der Waals surface area contributed by atoms with Crippen molar-refractivity contribution >= 4 is 5.91 Å². The van der Waals surface area contributed by atoms with Crippen molar-refractivity contribution in [3.63, 3.8) is 0 Å². The minimum Gasteiger partial charge on any atom is -0.508 e. The Hall–Kier alpha value is -2.53. The maximum absolute atomic E-state index is 13.2. The third-order valence-corrected chi connectivity index (χ3v) is 4.74. The fraction of sp³-hybridized carbons (Fsp3) is 0.381. The van der Waals surface area contributed by atoms with Crippen molar-refractivity contribution in [2.75, 3.05) is 20.3 Å². The molecule has 1 N–H and O–H groups in total. The van der Waals surface area contributed by atoms with Crippen molar-refractivity contribution < 1.29 is 19.4 Å². The standard InChI is InChI=1S/C21H25NO4/c1-15-9-10-16(12-20(15)25-2)21(24)22(14-18-7-5-11-26-18)13-17-6-3-4-8-19(17)23/h3-4,6,8-10,12,18,23H,5,7,11,13-14H2,1-2H3. The molecule has 1 aliphatic rings. The molecule has 1 fully saturated rings. The van der Waals surface area contributed by atoms with E-state index in [2.05, 4.69) is 0 Å². The monoisotopic (exact) mass is 355 g/mol. The number of nitrogens with zero attached hydrogens (tertiary/aromatic N) is 1. The molecule has 0 aliphatic carbocycles. The number of carbonyl (C=O) groups is 1. The minimum atomic E-state index is -0.0953. The van der Waals surface area contributed by atoms with Crippen LogP contribution in [0.3, 0.4) is 0 Å². The van der Waals surface area contributed by atoms with Gasteiger partial charge in [-0.1, -0.05) is 24.3 Å². The number of amides is 1.